The molecule has 0 heterocycles. The summed E-state index contributed by atoms with van der Waals surface area (Å²) < 4.78 is 0. The predicted molar refractivity (Wildman–Crippen MR) is 99.2 cm³/mol. The molecule has 2 aromatic rings. The second kappa shape index (κ2) is 7.89. The summed E-state index contributed by atoms with van der Waals surface area (Å²) >= 11 is 7.42. The minimum Gasteiger partial charge on any atom is -0.349 e. The zero-order chi connectivity index (χ0) is 17.0. The fourth-order valence-electron chi connectivity index (χ4n) is 2.41. The highest BCUT2D eigenvalue weighted by molar-refractivity contribution is 8.00. The highest BCUT2D eigenvalue weighted by atomic mass is 35.5. The van der Waals surface area contributed by atoms with Crippen molar-refractivity contribution in [2.75, 3.05) is 0 Å². The lowest BCUT2D eigenvalue weighted by molar-refractivity contribution is -0.120. The van der Waals surface area contributed by atoms with Gasteiger partial charge in [-0.05, 0) is 63.1 Å². The Kier molecular flexibility index (Phi) is 6.14. The Hall–Kier alpha value is -1.45. The molecule has 0 radical (unpaired) electrons. The van der Waals surface area contributed by atoms with Crippen molar-refractivity contribution in [2.24, 2.45) is 0 Å². The first-order valence-electron chi connectivity index (χ1n) is 7.66. The van der Waals surface area contributed by atoms with Crippen LogP contribution in [0.5, 0.6) is 0 Å². The quantitative estimate of drug-likeness (QED) is 0.742. The van der Waals surface area contributed by atoms with E-state index in [4.69, 9.17) is 11.6 Å². The molecule has 4 heteroatoms. The number of benzene rings is 2. The van der Waals surface area contributed by atoms with Gasteiger partial charge < -0.3 is 5.32 Å². The van der Waals surface area contributed by atoms with E-state index in [9.17, 15) is 4.79 Å². The van der Waals surface area contributed by atoms with E-state index < -0.39 is 0 Å². The molecule has 0 aliphatic carbocycles. The zero-order valence-electron chi connectivity index (χ0n) is 13.9. The standard InChI is InChI=1S/C19H22ClNOS/c1-12-5-6-13(2)18(11-12)14(3)21-19(22)15(4)23-17-9-7-16(20)8-10-17/h5-11,14-15H,1-4H3,(H,21,22)/t14-,15-/m0/s1. The molecule has 0 saturated heterocycles. The van der Waals surface area contributed by atoms with Gasteiger partial charge in [-0.25, -0.2) is 0 Å². The molecule has 0 unspecified atom stereocenters. The van der Waals surface area contributed by atoms with Crippen molar-refractivity contribution in [1.29, 1.82) is 0 Å². The lowest BCUT2D eigenvalue weighted by atomic mass is 10.00. The molecule has 0 aromatic heterocycles. The fraction of sp³-hybridized carbons (Fsp3) is 0.316. The summed E-state index contributed by atoms with van der Waals surface area (Å²) in [7, 11) is 0. The van der Waals surface area contributed by atoms with Crippen molar-refractivity contribution in [3.8, 4) is 0 Å². The molecular weight excluding hydrogens is 326 g/mol. The van der Waals surface area contributed by atoms with Gasteiger partial charge in [0.25, 0.3) is 0 Å². The minimum absolute atomic E-state index is 0.00401. The summed E-state index contributed by atoms with van der Waals surface area (Å²) in [5, 5.41) is 3.65. The van der Waals surface area contributed by atoms with E-state index in [1.54, 1.807) is 0 Å². The average molecular weight is 348 g/mol. The third kappa shape index (κ3) is 5.02. The van der Waals surface area contributed by atoms with Gasteiger partial charge in [0.05, 0.1) is 11.3 Å². The van der Waals surface area contributed by atoms with Crippen molar-refractivity contribution >= 4 is 29.3 Å². The number of hydrogen-bond acceptors (Lipinski definition) is 2. The Morgan fingerprint density at radius 3 is 2.39 bits per heavy atom. The Labute approximate surface area is 147 Å². The molecule has 23 heavy (non-hydrogen) atoms. The zero-order valence-corrected chi connectivity index (χ0v) is 15.5. The van der Waals surface area contributed by atoms with Crippen LogP contribution in [-0.2, 0) is 4.79 Å². The SMILES string of the molecule is Cc1ccc(C)c([C@H](C)NC(=O)[C@H](C)Sc2ccc(Cl)cc2)c1. The van der Waals surface area contributed by atoms with E-state index in [1.807, 2.05) is 38.1 Å². The molecule has 0 aliphatic rings. The van der Waals surface area contributed by atoms with Gasteiger partial charge in [-0.2, -0.15) is 0 Å². The molecule has 122 valence electrons. The van der Waals surface area contributed by atoms with Gasteiger partial charge in [-0.15, -0.1) is 11.8 Å². The summed E-state index contributed by atoms with van der Waals surface area (Å²) in [5.74, 6) is 0.0401. The smallest absolute Gasteiger partial charge is 0.233 e. The minimum atomic E-state index is -0.163. The van der Waals surface area contributed by atoms with Gasteiger partial charge in [-0.3, -0.25) is 4.79 Å². The van der Waals surface area contributed by atoms with Crippen molar-refractivity contribution in [3.63, 3.8) is 0 Å². The van der Waals surface area contributed by atoms with Crippen LogP contribution in [0.25, 0.3) is 0 Å². The van der Waals surface area contributed by atoms with Crippen LogP contribution in [0.1, 0.15) is 36.6 Å². The number of carbonyl (C=O) groups is 1. The van der Waals surface area contributed by atoms with E-state index in [0.29, 0.717) is 5.02 Å². The summed E-state index contributed by atoms with van der Waals surface area (Å²) in [6.07, 6.45) is 0. The van der Waals surface area contributed by atoms with Gasteiger partial charge in [0, 0.05) is 9.92 Å². The maximum Gasteiger partial charge on any atom is 0.233 e. The van der Waals surface area contributed by atoms with Gasteiger partial charge >= 0.3 is 0 Å². The molecule has 0 bridgehead atoms. The van der Waals surface area contributed by atoms with Crippen LogP contribution in [0.3, 0.4) is 0 Å². The monoisotopic (exact) mass is 347 g/mol. The van der Waals surface area contributed by atoms with E-state index in [0.717, 1.165) is 4.90 Å². The number of amides is 1. The summed E-state index contributed by atoms with van der Waals surface area (Å²) in [5.41, 5.74) is 3.57. The van der Waals surface area contributed by atoms with Crippen LogP contribution < -0.4 is 5.32 Å². The molecule has 0 aliphatic heterocycles. The first kappa shape index (κ1) is 17.9. The van der Waals surface area contributed by atoms with E-state index in [1.165, 1.54) is 28.5 Å². The van der Waals surface area contributed by atoms with Gasteiger partial charge in [-0.1, -0.05) is 35.4 Å². The van der Waals surface area contributed by atoms with Crippen molar-refractivity contribution in [2.45, 2.75) is 43.9 Å². The average Bonchev–Trinajstić information content (AvgIpc) is 2.51. The normalized spacial score (nSPS) is 13.4. The molecule has 2 atom stereocenters. The molecule has 1 N–H and O–H groups in total. The molecule has 0 fully saturated rings. The molecule has 0 spiro atoms. The van der Waals surface area contributed by atoms with Crippen LogP contribution in [-0.4, -0.2) is 11.2 Å². The number of halogens is 1. The lowest BCUT2D eigenvalue weighted by Gasteiger charge is -2.20. The second-order valence-electron chi connectivity index (χ2n) is 5.80. The lowest BCUT2D eigenvalue weighted by Crippen LogP contribution is -2.33. The molecular formula is C19H22ClNOS. The van der Waals surface area contributed by atoms with E-state index in [-0.39, 0.29) is 17.2 Å². The van der Waals surface area contributed by atoms with Crippen molar-refractivity contribution in [3.05, 3.63) is 64.2 Å². The number of aryl methyl sites for hydroxylation is 2. The Bertz CT molecular complexity index is 684. The number of rotatable bonds is 5. The van der Waals surface area contributed by atoms with Crippen LogP contribution in [0, 0.1) is 13.8 Å². The first-order valence-corrected chi connectivity index (χ1v) is 8.92. The first-order chi connectivity index (χ1) is 10.9. The number of nitrogens with one attached hydrogen (secondary N) is 1. The van der Waals surface area contributed by atoms with Gasteiger partial charge in [0.2, 0.25) is 5.91 Å². The van der Waals surface area contributed by atoms with Crippen LogP contribution in [0.4, 0.5) is 0 Å². The van der Waals surface area contributed by atoms with E-state index >= 15 is 0 Å². The van der Waals surface area contributed by atoms with Crippen LogP contribution in [0.15, 0.2) is 47.4 Å². The van der Waals surface area contributed by atoms with Crippen LogP contribution in [0.2, 0.25) is 5.02 Å². The Morgan fingerprint density at radius 1 is 1.09 bits per heavy atom. The maximum atomic E-state index is 12.4. The number of hydrogen-bond donors (Lipinski definition) is 1. The summed E-state index contributed by atoms with van der Waals surface area (Å²) in [6, 6.07) is 13.9. The van der Waals surface area contributed by atoms with Crippen molar-refractivity contribution < 1.29 is 4.79 Å². The second-order valence-corrected chi connectivity index (χ2v) is 7.65. The molecule has 2 aromatic carbocycles. The molecule has 2 rings (SSSR count). The summed E-state index contributed by atoms with van der Waals surface area (Å²) in [4.78, 5) is 13.5. The number of carbonyl (C=O) groups excluding carboxylic acids is 1. The third-order valence-electron chi connectivity index (χ3n) is 3.76. The fourth-order valence-corrected chi connectivity index (χ4v) is 3.41. The van der Waals surface area contributed by atoms with Crippen molar-refractivity contribution in [1.82, 2.24) is 5.32 Å². The Morgan fingerprint density at radius 2 is 1.74 bits per heavy atom. The maximum absolute atomic E-state index is 12.4. The van der Waals surface area contributed by atoms with Gasteiger partial charge in [0.1, 0.15) is 0 Å². The van der Waals surface area contributed by atoms with Crippen LogP contribution >= 0.6 is 23.4 Å². The predicted octanol–water partition coefficient (Wildman–Crippen LogP) is 5.31. The van der Waals surface area contributed by atoms with Gasteiger partial charge in [0.15, 0.2) is 0 Å². The number of thioether (sulfide) groups is 1. The molecule has 1 amide bonds. The topological polar surface area (TPSA) is 29.1 Å². The van der Waals surface area contributed by atoms with E-state index in [2.05, 4.69) is 37.4 Å². The molecule has 0 saturated carbocycles. The summed E-state index contributed by atoms with van der Waals surface area (Å²) in [6.45, 7) is 8.09. The highest BCUT2D eigenvalue weighted by Crippen LogP contribution is 2.26. The Balaban J connectivity index is 2.00. The molecule has 2 nitrogen and oxygen atoms in total. The largest absolute Gasteiger partial charge is 0.349 e. The third-order valence-corrected chi connectivity index (χ3v) is 5.12. The highest BCUT2D eigenvalue weighted by Gasteiger charge is 2.18.